The number of hydrogen-bond donors (Lipinski definition) is 1. The van der Waals surface area contributed by atoms with E-state index < -0.39 is 9.84 Å². The minimum atomic E-state index is -2.81. The zero-order valence-corrected chi connectivity index (χ0v) is 10.9. The van der Waals surface area contributed by atoms with Crippen molar-refractivity contribution in [2.75, 3.05) is 56.2 Å². The van der Waals surface area contributed by atoms with E-state index in [-0.39, 0.29) is 5.75 Å². The first kappa shape index (κ1) is 13.3. The molecule has 1 saturated heterocycles. The van der Waals surface area contributed by atoms with Gasteiger partial charge in [0.15, 0.2) is 0 Å². The standard InChI is InChI=1S/C9H20N2O2S2/c1-15(12,13)9-3-10-2-4-11-5-7-14-8-6-11/h10H,2-9H2,1H3. The third kappa shape index (κ3) is 7.16. The normalized spacial score (nSPS) is 19.3. The van der Waals surface area contributed by atoms with Crippen LogP contribution in [0.4, 0.5) is 0 Å². The zero-order valence-electron chi connectivity index (χ0n) is 9.24. The monoisotopic (exact) mass is 252 g/mol. The number of rotatable bonds is 6. The summed E-state index contributed by atoms with van der Waals surface area (Å²) in [5.41, 5.74) is 0. The van der Waals surface area contributed by atoms with Crippen molar-refractivity contribution >= 4 is 21.6 Å². The molecule has 0 aromatic heterocycles. The summed E-state index contributed by atoms with van der Waals surface area (Å²) in [5, 5.41) is 3.16. The highest BCUT2D eigenvalue weighted by Gasteiger charge is 2.09. The maximum absolute atomic E-state index is 10.8. The molecule has 0 bridgehead atoms. The van der Waals surface area contributed by atoms with Crippen LogP contribution in [-0.4, -0.2) is 69.6 Å². The smallest absolute Gasteiger partial charge is 0.148 e. The lowest BCUT2D eigenvalue weighted by molar-refractivity contribution is 0.302. The van der Waals surface area contributed by atoms with Gasteiger partial charge in [0.1, 0.15) is 9.84 Å². The zero-order chi connectivity index (χ0) is 11.1. The van der Waals surface area contributed by atoms with Crippen molar-refractivity contribution in [3.8, 4) is 0 Å². The SMILES string of the molecule is CS(=O)(=O)CCNCCN1CCSCC1. The van der Waals surface area contributed by atoms with Crippen molar-refractivity contribution in [3.05, 3.63) is 0 Å². The Morgan fingerprint density at radius 2 is 1.93 bits per heavy atom. The van der Waals surface area contributed by atoms with Crippen LogP contribution in [0.15, 0.2) is 0 Å². The molecule has 0 amide bonds. The van der Waals surface area contributed by atoms with Crippen molar-refractivity contribution in [2.45, 2.75) is 0 Å². The van der Waals surface area contributed by atoms with Gasteiger partial charge >= 0.3 is 0 Å². The van der Waals surface area contributed by atoms with Crippen molar-refractivity contribution in [3.63, 3.8) is 0 Å². The second-order valence-corrected chi connectivity index (χ2v) is 7.32. The van der Waals surface area contributed by atoms with E-state index in [9.17, 15) is 8.42 Å². The Hall–Kier alpha value is 0.220. The van der Waals surface area contributed by atoms with Gasteiger partial charge in [0.2, 0.25) is 0 Å². The molecule has 90 valence electrons. The van der Waals surface area contributed by atoms with E-state index in [4.69, 9.17) is 0 Å². The predicted molar refractivity (Wildman–Crippen MR) is 66.3 cm³/mol. The molecule has 0 saturated carbocycles. The summed E-state index contributed by atoms with van der Waals surface area (Å²) < 4.78 is 21.7. The molecule has 0 aliphatic carbocycles. The largest absolute Gasteiger partial charge is 0.314 e. The third-order valence-electron chi connectivity index (χ3n) is 2.36. The van der Waals surface area contributed by atoms with Crippen molar-refractivity contribution in [1.82, 2.24) is 10.2 Å². The second-order valence-electron chi connectivity index (χ2n) is 3.83. The topological polar surface area (TPSA) is 49.4 Å². The van der Waals surface area contributed by atoms with E-state index in [0.29, 0.717) is 6.54 Å². The number of sulfone groups is 1. The highest BCUT2D eigenvalue weighted by Crippen LogP contribution is 2.07. The average Bonchev–Trinajstić information content (AvgIpc) is 2.17. The summed E-state index contributed by atoms with van der Waals surface area (Å²) in [6.07, 6.45) is 1.27. The van der Waals surface area contributed by atoms with E-state index in [1.165, 1.54) is 30.9 Å². The van der Waals surface area contributed by atoms with Crippen LogP contribution in [0, 0.1) is 0 Å². The van der Waals surface area contributed by atoms with E-state index in [2.05, 4.69) is 10.2 Å². The third-order valence-corrected chi connectivity index (χ3v) is 4.25. The van der Waals surface area contributed by atoms with Crippen LogP contribution < -0.4 is 5.32 Å². The molecule has 6 heteroatoms. The van der Waals surface area contributed by atoms with Gasteiger partial charge in [-0.25, -0.2) is 8.42 Å². The first-order valence-corrected chi connectivity index (χ1v) is 8.48. The minimum absolute atomic E-state index is 0.239. The van der Waals surface area contributed by atoms with Crippen LogP contribution in [-0.2, 0) is 9.84 Å². The predicted octanol–water partition coefficient (Wildman–Crippen LogP) is -0.331. The molecule has 15 heavy (non-hydrogen) atoms. The van der Waals surface area contributed by atoms with Crippen molar-refractivity contribution in [2.24, 2.45) is 0 Å². The van der Waals surface area contributed by atoms with E-state index in [1.807, 2.05) is 11.8 Å². The molecular weight excluding hydrogens is 232 g/mol. The molecule has 0 atom stereocenters. The molecule has 0 radical (unpaired) electrons. The molecule has 0 aromatic carbocycles. The summed E-state index contributed by atoms with van der Waals surface area (Å²) >= 11 is 2.00. The lowest BCUT2D eigenvalue weighted by Crippen LogP contribution is -2.38. The Kier molecular flexibility index (Phi) is 5.96. The molecule has 4 nitrogen and oxygen atoms in total. The summed E-state index contributed by atoms with van der Waals surface area (Å²) in [6.45, 7) is 4.82. The lowest BCUT2D eigenvalue weighted by Gasteiger charge is -2.26. The lowest BCUT2D eigenvalue weighted by atomic mass is 10.4. The van der Waals surface area contributed by atoms with Crippen LogP contribution in [0.25, 0.3) is 0 Å². The fourth-order valence-corrected chi connectivity index (χ4v) is 2.94. The highest BCUT2D eigenvalue weighted by atomic mass is 32.2. The van der Waals surface area contributed by atoms with Crippen LogP contribution in [0.1, 0.15) is 0 Å². The fraction of sp³-hybridized carbons (Fsp3) is 1.00. The molecule has 1 aliphatic heterocycles. The van der Waals surface area contributed by atoms with Gasteiger partial charge in [-0.15, -0.1) is 0 Å². The first-order valence-electron chi connectivity index (χ1n) is 5.26. The molecule has 1 rings (SSSR count). The number of nitrogens with one attached hydrogen (secondary N) is 1. The number of nitrogens with zero attached hydrogens (tertiary/aromatic N) is 1. The highest BCUT2D eigenvalue weighted by molar-refractivity contribution is 7.99. The molecule has 1 heterocycles. The average molecular weight is 252 g/mol. The Bertz CT molecular complexity index is 261. The van der Waals surface area contributed by atoms with Gasteiger partial charge in [-0.1, -0.05) is 0 Å². The van der Waals surface area contributed by atoms with Gasteiger partial charge in [-0.3, -0.25) is 0 Å². The van der Waals surface area contributed by atoms with Crippen molar-refractivity contribution in [1.29, 1.82) is 0 Å². The van der Waals surface area contributed by atoms with Gasteiger partial charge in [0.25, 0.3) is 0 Å². The molecule has 1 aliphatic rings. The maximum Gasteiger partial charge on any atom is 0.148 e. The van der Waals surface area contributed by atoms with Gasteiger partial charge in [-0.2, -0.15) is 11.8 Å². The van der Waals surface area contributed by atoms with E-state index in [1.54, 1.807) is 0 Å². The van der Waals surface area contributed by atoms with Gasteiger partial charge in [0, 0.05) is 50.5 Å². The molecule has 1 N–H and O–H groups in total. The quantitative estimate of drug-likeness (QED) is 0.656. The fourth-order valence-electron chi connectivity index (χ4n) is 1.44. The van der Waals surface area contributed by atoms with Crippen molar-refractivity contribution < 1.29 is 8.42 Å². The Balaban J connectivity index is 1.96. The van der Waals surface area contributed by atoms with Crippen LogP contribution in [0.2, 0.25) is 0 Å². The second kappa shape index (κ2) is 6.73. The Morgan fingerprint density at radius 1 is 1.27 bits per heavy atom. The van der Waals surface area contributed by atoms with Crippen LogP contribution >= 0.6 is 11.8 Å². The summed E-state index contributed by atoms with van der Waals surface area (Å²) in [7, 11) is -2.81. The van der Waals surface area contributed by atoms with Crippen LogP contribution in [0.5, 0.6) is 0 Å². The summed E-state index contributed by atoms with van der Waals surface area (Å²) in [6, 6.07) is 0. The maximum atomic E-state index is 10.8. The number of hydrogen-bond acceptors (Lipinski definition) is 5. The Morgan fingerprint density at radius 3 is 2.53 bits per heavy atom. The van der Waals surface area contributed by atoms with Gasteiger partial charge in [0.05, 0.1) is 5.75 Å². The summed E-state index contributed by atoms with van der Waals surface area (Å²) in [4.78, 5) is 2.42. The molecule has 0 aromatic rings. The molecular formula is C9H20N2O2S2. The van der Waals surface area contributed by atoms with Gasteiger partial charge in [-0.05, 0) is 0 Å². The van der Waals surface area contributed by atoms with Gasteiger partial charge < -0.3 is 10.2 Å². The van der Waals surface area contributed by atoms with E-state index in [0.717, 1.165) is 13.1 Å². The minimum Gasteiger partial charge on any atom is -0.314 e. The number of thioether (sulfide) groups is 1. The molecule has 1 fully saturated rings. The van der Waals surface area contributed by atoms with Crippen LogP contribution in [0.3, 0.4) is 0 Å². The summed E-state index contributed by atoms with van der Waals surface area (Å²) in [5.74, 6) is 2.69. The molecule has 0 unspecified atom stereocenters. The first-order chi connectivity index (χ1) is 7.08. The Labute approximate surface area is 96.7 Å². The van der Waals surface area contributed by atoms with E-state index >= 15 is 0 Å². The molecule has 0 spiro atoms.